The topological polar surface area (TPSA) is 132 Å². The summed E-state index contributed by atoms with van der Waals surface area (Å²) in [5, 5.41) is 12.4. The van der Waals surface area contributed by atoms with E-state index >= 15 is 0 Å². The number of nitrogens with two attached hydrogens (primary N) is 2. The number of anilines is 4. The normalized spacial score (nSPS) is 13.7. The van der Waals surface area contributed by atoms with Crippen molar-refractivity contribution in [2.45, 2.75) is 26.2 Å². The van der Waals surface area contributed by atoms with E-state index in [0.717, 1.165) is 11.3 Å². The molecule has 2 aromatic rings. The Kier molecular flexibility index (Phi) is 4.51. The molecule has 2 atom stereocenters. The van der Waals surface area contributed by atoms with E-state index in [2.05, 4.69) is 20.3 Å². The van der Waals surface area contributed by atoms with Gasteiger partial charge in [-0.15, -0.1) is 0 Å². The van der Waals surface area contributed by atoms with Gasteiger partial charge in [-0.2, -0.15) is 15.0 Å². The van der Waals surface area contributed by atoms with Crippen molar-refractivity contribution >= 4 is 23.5 Å². The Morgan fingerprint density at radius 1 is 1.10 bits per heavy atom. The van der Waals surface area contributed by atoms with E-state index in [4.69, 9.17) is 16.2 Å². The van der Waals surface area contributed by atoms with Crippen LogP contribution in [0.15, 0.2) is 24.3 Å². The molecule has 1 heterocycles. The predicted octanol–water partition coefficient (Wildman–Crippen LogP) is 1.20. The van der Waals surface area contributed by atoms with Gasteiger partial charge in [0.05, 0.1) is 6.10 Å². The van der Waals surface area contributed by atoms with Gasteiger partial charge in [-0.1, -0.05) is 18.2 Å². The molecule has 0 amide bonds. The lowest BCUT2D eigenvalue weighted by atomic mass is 10.1. The standard InChI is InChI=1S/C13H18N6O2/c1-7(21-8(2)20)9-5-3-4-6-10(9)16-13-18-11(14)17-12(15)19-13/h3-8,20H,1-2H3,(H5,14,15,16,17,18,19). The summed E-state index contributed by atoms with van der Waals surface area (Å²) < 4.78 is 5.38. The number of nitrogen functional groups attached to an aromatic ring is 2. The molecule has 6 N–H and O–H groups in total. The summed E-state index contributed by atoms with van der Waals surface area (Å²) in [6.45, 7) is 3.39. The van der Waals surface area contributed by atoms with Crippen LogP contribution in [0.25, 0.3) is 0 Å². The summed E-state index contributed by atoms with van der Waals surface area (Å²) in [6.07, 6.45) is -1.18. The third kappa shape index (κ3) is 4.01. The molecule has 8 heteroatoms. The molecule has 1 aromatic carbocycles. The minimum absolute atomic E-state index is 0.0377. The summed E-state index contributed by atoms with van der Waals surface area (Å²) in [4.78, 5) is 11.6. The third-order valence-electron chi connectivity index (χ3n) is 2.72. The second kappa shape index (κ2) is 6.33. The highest BCUT2D eigenvalue weighted by Gasteiger charge is 2.14. The molecule has 21 heavy (non-hydrogen) atoms. The molecule has 0 aliphatic heterocycles. The molecule has 0 spiro atoms. The van der Waals surface area contributed by atoms with Crippen molar-refractivity contribution in [3.05, 3.63) is 29.8 Å². The molecule has 8 nitrogen and oxygen atoms in total. The van der Waals surface area contributed by atoms with Gasteiger partial charge in [0.1, 0.15) is 0 Å². The molecule has 0 bridgehead atoms. The SMILES string of the molecule is CC(O)OC(C)c1ccccc1Nc1nc(N)nc(N)n1. The third-order valence-corrected chi connectivity index (χ3v) is 2.72. The molecule has 0 saturated heterocycles. The number of nitrogens with one attached hydrogen (secondary N) is 1. The number of nitrogens with zero attached hydrogens (tertiary/aromatic N) is 3. The van der Waals surface area contributed by atoms with Crippen LogP contribution in [0.3, 0.4) is 0 Å². The smallest absolute Gasteiger partial charge is 0.233 e. The summed E-state index contributed by atoms with van der Waals surface area (Å²) in [5.41, 5.74) is 12.6. The van der Waals surface area contributed by atoms with E-state index in [-0.39, 0.29) is 23.9 Å². The summed E-state index contributed by atoms with van der Waals surface area (Å²) in [5.74, 6) is 0.322. The molecular formula is C13H18N6O2. The summed E-state index contributed by atoms with van der Waals surface area (Å²) in [6, 6.07) is 7.45. The first-order chi connectivity index (χ1) is 9.95. The van der Waals surface area contributed by atoms with E-state index in [1.54, 1.807) is 6.92 Å². The quantitative estimate of drug-likeness (QED) is 0.604. The number of rotatable bonds is 5. The van der Waals surface area contributed by atoms with Crippen molar-refractivity contribution in [2.75, 3.05) is 16.8 Å². The molecule has 0 radical (unpaired) electrons. The number of hydrogen-bond donors (Lipinski definition) is 4. The van der Waals surface area contributed by atoms with E-state index in [1.165, 1.54) is 0 Å². The zero-order valence-electron chi connectivity index (χ0n) is 11.8. The lowest BCUT2D eigenvalue weighted by Gasteiger charge is -2.19. The number of para-hydroxylation sites is 1. The highest BCUT2D eigenvalue weighted by molar-refractivity contribution is 5.60. The van der Waals surface area contributed by atoms with Crippen molar-refractivity contribution in [2.24, 2.45) is 0 Å². The Bertz CT molecular complexity index is 599. The fourth-order valence-corrected chi connectivity index (χ4v) is 1.92. The van der Waals surface area contributed by atoms with Gasteiger partial charge in [-0.3, -0.25) is 0 Å². The van der Waals surface area contributed by atoms with Crippen LogP contribution >= 0.6 is 0 Å². The second-order valence-corrected chi connectivity index (χ2v) is 4.47. The number of ether oxygens (including phenoxy) is 1. The monoisotopic (exact) mass is 290 g/mol. The Hall–Kier alpha value is -2.45. The van der Waals surface area contributed by atoms with Gasteiger partial charge < -0.3 is 26.6 Å². The summed E-state index contributed by atoms with van der Waals surface area (Å²) >= 11 is 0. The van der Waals surface area contributed by atoms with Crippen LogP contribution in [0.4, 0.5) is 23.5 Å². The van der Waals surface area contributed by atoms with E-state index in [0.29, 0.717) is 0 Å². The molecule has 0 fully saturated rings. The first-order valence-electron chi connectivity index (χ1n) is 6.42. The largest absolute Gasteiger partial charge is 0.368 e. The molecule has 112 valence electrons. The van der Waals surface area contributed by atoms with Crippen LogP contribution < -0.4 is 16.8 Å². The van der Waals surface area contributed by atoms with E-state index < -0.39 is 6.29 Å². The number of aromatic nitrogens is 3. The van der Waals surface area contributed by atoms with Crippen LogP contribution in [0, 0.1) is 0 Å². The molecule has 0 saturated carbocycles. The average molecular weight is 290 g/mol. The molecule has 2 rings (SSSR count). The molecular weight excluding hydrogens is 272 g/mol. The number of hydrogen-bond acceptors (Lipinski definition) is 8. The van der Waals surface area contributed by atoms with Gasteiger partial charge in [-0.05, 0) is 19.9 Å². The van der Waals surface area contributed by atoms with Crippen molar-refractivity contribution in [1.82, 2.24) is 15.0 Å². The van der Waals surface area contributed by atoms with Gasteiger partial charge >= 0.3 is 0 Å². The molecule has 1 aromatic heterocycles. The van der Waals surface area contributed by atoms with Crippen molar-refractivity contribution in [1.29, 1.82) is 0 Å². The zero-order chi connectivity index (χ0) is 15.4. The predicted molar refractivity (Wildman–Crippen MR) is 79.6 cm³/mol. The number of benzene rings is 1. The maximum absolute atomic E-state index is 9.33. The number of aliphatic hydroxyl groups is 1. The zero-order valence-corrected chi connectivity index (χ0v) is 11.8. The molecule has 0 aliphatic rings. The highest BCUT2D eigenvalue weighted by Crippen LogP contribution is 2.27. The molecule has 0 aliphatic carbocycles. The first-order valence-corrected chi connectivity index (χ1v) is 6.42. The Morgan fingerprint density at radius 3 is 2.33 bits per heavy atom. The van der Waals surface area contributed by atoms with Crippen molar-refractivity contribution < 1.29 is 9.84 Å². The fourth-order valence-electron chi connectivity index (χ4n) is 1.92. The van der Waals surface area contributed by atoms with Gasteiger partial charge in [0.25, 0.3) is 0 Å². The Labute approximate surface area is 122 Å². The second-order valence-electron chi connectivity index (χ2n) is 4.47. The van der Waals surface area contributed by atoms with Crippen LogP contribution in [-0.2, 0) is 4.74 Å². The average Bonchev–Trinajstić information content (AvgIpc) is 2.37. The minimum Gasteiger partial charge on any atom is -0.368 e. The Balaban J connectivity index is 2.27. The summed E-state index contributed by atoms with van der Waals surface area (Å²) in [7, 11) is 0. The van der Waals surface area contributed by atoms with Gasteiger partial charge in [-0.25, -0.2) is 0 Å². The lowest BCUT2D eigenvalue weighted by molar-refractivity contribution is -0.119. The van der Waals surface area contributed by atoms with Crippen LogP contribution in [0.2, 0.25) is 0 Å². The van der Waals surface area contributed by atoms with E-state index in [9.17, 15) is 5.11 Å². The molecule has 2 unspecified atom stereocenters. The fraction of sp³-hybridized carbons (Fsp3) is 0.308. The van der Waals surface area contributed by atoms with Crippen LogP contribution in [0.5, 0.6) is 0 Å². The maximum Gasteiger partial charge on any atom is 0.233 e. The van der Waals surface area contributed by atoms with Crippen LogP contribution in [0.1, 0.15) is 25.5 Å². The Morgan fingerprint density at radius 2 is 1.71 bits per heavy atom. The van der Waals surface area contributed by atoms with Crippen LogP contribution in [-0.4, -0.2) is 26.3 Å². The van der Waals surface area contributed by atoms with Gasteiger partial charge in [0.15, 0.2) is 6.29 Å². The first kappa shape index (κ1) is 14.9. The van der Waals surface area contributed by atoms with Crippen molar-refractivity contribution in [3.8, 4) is 0 Å². The van der Waals surface area contributed by atoms with E-state index in [1.807, 2.05) is 31.2 Å². The minimum atomic E-state index is -0.864. The van der Waals surface area contributed by atoms with Gasteiger partial charge in [0.2, 0.25) is 17.8 Å². The van der Waals surface area contributed by atoms with Gasteiger partial charge in [0, 0.05) is 11.3 Å². The maximum atomic E-state index is 9.33. The van der Waals surface area contributed by atoms with Crippen molar-refractivity contribution in [3.63, 3.8) is 0 Å². The number of aliphatic hydroxyl groups excluding tert-OH is 1. The lowest BCUT2D eigenvalue weighted by Crippen LogP contribution is -2.12. The highest BCUT2D eigenvalue weighted by atomic mass is 16.6.